The van der Waals surface area contributed by atoms with Crippen molar-refractivity contribution in [2.75, 3.05) is 5.75 Å². The van der Waals surface area contributed by atoms with Crippen molar-refractivity contribution >= 4 is 40.7 Å². The molecule has 0 atom stereocenters. The molecule has 5 heteroatoms. The first-order chi connectivity index (χ1) is 5.68. The van der Waals surface area contributed by atoms with Gasteiger partial charge in [0.1, 0.15) is 0 Å². The highest BCUT2D eigenvalue weighted by molar-refractivity contribution is 7.99. The molecule has 0 bridgehead atoms. The van der Waals surface area contributed by atoms with Gasteiger partial charge in [-0.3, -0.25) is 4.79 Å². The summed E-state index contributed by atoms with van der Waals surface area (Å²) >= 11 is 8.57. The van der Waals surface area contributed by atoms with Crippen LogP contribution in [0, 0.1) is 0 Å². The summed E-state index contributed by atoms with van der Waals surface area (Å²) in [5.74, 6) is 0.0989. The second kappa shape index (κ2) is 4.74. The molecule has 0 amide bonds. The molecule has 1 heterocycles. The lowest BCUT2D eigenvalue weighted by Crippen LogP contribution is -1.97. The van der Waals surface area contributed by atoms with Gasteiger partial charge in [0.2, 0.25) is 0 Å². The SMILES string of the molecule is O=C(O)CSCc1ccc(Cl)s1. The molecule has 0 aliphatic carbocycles. The van der Waals surface area contributed by atoms with Gasteiger partial charge < -0.3 is 5.11 Å². The number of halogens is 1. The molecule has 2 nitrogen and oxygen atoms in total. The summed E-state index contributed by atoms with van der Waals surface area (Å²) in [6.07, 6.45) is 0. The zero-order valence-electron chi connectivity index (χ0n) is 6.12. The average Bonchev–Trinajstić information content (AvgIpc) is 2.35. The van der Waals surface area contributed by atoms with Gasteiger partial charge in [-0.05, 0) is 12.1 Å². The highest BCUT2D eigenvalue weighted by Crippen LogP contribution is 2.24. The van der Waals surface area contributed by atoms with Crippen molar-refractivity contribution in [3.8, 4) is 0 Å². The Kier molecular flexibility index (Phi) is 3.91. The summed E-state index contributed by atoms with van der Waals surface area (Å²) in [4.78, 5) is 11.3. The van der Waals surface area contributed by atoms with Crippen LogP contribution in [0.5, 0.6) is 0 Å². The highest BCUT2D eigenvalue weighted by Gasteiger charge is 2.00. The van der Waals surface area contributed by atoms with E-state index in [0.29, 0.717) is 0 Å². The number of thiophene rings is 1. The zero-order chi connectivity index (χ0) is 8.97. The summed E-state index contributed by atoms with van der Waals surface area (Å²) in [7, 11) is 0. The molecule has 12 heavy (non-hydrogen) atoms. The summed E-state index contributed by atoms with van der Waals surface area (Å²) in [5, 5.41) is 8.35. The molecule has 0 aromatic carbocycles. The lowest BCUT2D eigenvalue weighted by molar-refractivity contribution is -0.133. The van der Waals surface area contributed by atoms with E-state index in [1.54, 1.807) is 0 Å². The number of hydrogen-bond donors (Lipinski definition) is 1. The first-order valence-corrected chi connectivity index (χ1v) is 5.57. The molecule has 0 saturated carbocycles. The van der Waals surface area contributed by atoms with E-state index in [0.717, 1.165) is 15.0 Å². The summed E-state index contributed by atoms with van der Waals surface area (Å²) in [6, 6.07) is 3.74. The van der Waals surface area contributed by atoms with Crippen molar-refractivity contribution < 1.29 is 9.90 Å². The second-order valence-electron chi connectivity index (χ2n) is 2.09. The van der Waals surface area contributed by atoms with Crippen LogP contribution in [0.2, 0.25) is 4.34 Å². The van der Waals surface area contributed by atoms with Crippen molar-refractivity contribution in [2.45, 2.75) is 5.75 Å². The van der Waals surface area contributed by atoms with Crippen LogP contribution in [0.4, 0.5) is 0 Å². The predicted octanol–water partition coefficient (Wildman–Crippen LogP) is 2.72. The minimum Gasteiger partial charge on any atom is -0.481 e. The van der Waals surface area contributed by atoms with Gasteiger partial charge in [0.15, 0.2) is 0 Å². The van der Waals surface area contributed by atoms with Gasteiger partial charge in [-0.15, -0.1) is 23.1 Å². The fourth-order valence-corrected chi connectivity index (χ4v) is 2.61. The number of rotatable bonds is 4. The van der Waals surface area contributed by atoms with E-state index < -0.39 is 5.97 Å². The average molecular weight is 223 g/mol. The standard InChI is InChI=1S/C7H7ClO2S2/c8-6-2-1-5(12-6)3-11-4-7(9)10/h1-2H,3-4H2,(H,9,10). The number of carboxylic acid groups (broad SMARTS) is 1. The second-order valence-corrected chi connectivity index (χ2v) is 4.88. The fraction of sp³-hybridized carbons (Fsp3) is 0.286. The van der Waals surface area contributed by atoms with E-state index in [9.17, 15) is 4.79 Å². The smallest absolute Gasteiger partial charge is 0.313 e. The third-order valence-electron chi connectivity index (χ3n) is 1.10. The highest BCUT2D eigenvalue weighted by atomic mass is 35.5. The van der Waals surface area contributed by atoms with Crippen molar-refractivity contribution in [3.63, 3.8) is 0 Å². The molecule has 1 aromatic heterocycles. The maximum Gasteiger partial charge on any atom is 0.313 e. The van der Waals surface area contributed by atoms with Crippen LogP contribution in [0.1, 0.15) is 4.88 Å². The van der Waals surface area contributed by atoms with Gasteiger partial charge in [0, 0.05) is 10.6 Å². The lowest BCUT2D eigenvalue weighted by Gasteiger charge is -1.93. The van der Waals surface area contributed by atoms with Gasteiger partial charge in [0.05, 0.1) is 10.1 Å². The molecule has 0 spiro atoms. The van der Waals surface area contributed by atoms with Crippen LogP contribution in [-0.4, -0.2) is 16.8 Å². The monoisotopic (exact) mass is 222 g/mol. The van der Waals surface area contributed by atoms with E-state index in [1.165, 1.54) is 23.1 Å². The molecular weight excluding hydrogens is 216 g/mol. The predicted molar refractivity (Wildman–Crippen MR) is 53.1 cm³/mol. The van der Waals surface area contributed by atoms with Crippen LogP contribution in [0.3, 0.4) is 0 Å². The molecule has 0 unspecified atom stereocenters. The maximum absolute atomic E-state index is 10.2. The van der Waals surface area contributed by atoms with Gasteiger partial charge in [-0.1, -0.05) is 11.6 Å². The Morgan fingerprint density at radius 2 is 2.42 bits per heavy atom. The molecule has 0 saturated heterocycles. The third kappa shape index (κ3) is 3.47. The molecule has 0 aliphatic rings. The lowest BCUT2D eigenvalue weighted by atomic mass is 10.5. The molecule has 0 fully saturated rings. The Morgan fingerprint density at radius 3 is 2.92 bits per heavy atom. The van der Waals surface area contributed by atoms with E-state index in [1.807, 2.05) is 12.1 Å². The Morgan fingerprint density at radius 1 is 1.67 bits per heavy atom. The molecule has 1 aromatic rings. The van der Waals surface area contributed by atoms with Crippen LogP contribution < -0.4 is 0 Å². The van der Waals surface area contributed by atoms with Crippen LogP contribution in [0.15, 0.2) is 12.1 Å². The Labute approximate surface area is 83.5 Å². The van der Waals surface area contributed by atoms with Crippen molar-refractivity contribution in [3.05, 3.63) is 21.3 Å². The minimum atomic E-state index is -0.775. The van der Waals surface area contributed by atoms with Gasteiger partial charge in [-0.25, -0.2) is 0 Å². The summed E-state index contributed by atoms with van der Waals surface area (Å²) < 4.78 is 0.751. The maximum atomic E-state index is 10.2. The molecule has 1 rings (SSSR count). The number of aliphatic carboxylic acids is 1. The van der Waals surface area contributed by atoms with Crippen molar-refractivity contribution in [1.82, 2.24) is 0 Å². The summed E-state index contributed by atoms with van der Waals surface area (Å²) in [5.41, 5.74) is 0. The number of thioether (sulfide) groups is 1. The molecule has 66 valence electrons. The Bertz CT molecular complexity index is 272. The van der Waals surface area contributed by atoms with Gasteiger partial charge in [-0.2, -0.15) is 0 Å². The first kappa shape index (κ1) is 9.89. The zero-order valence-corrected chi connectivity index (χ0v) is 8.51. The quantitative estimate of drug-likeness (QED) is 0.851. The van der Waals surface area contributed by atoms with Gasteiger partial charge in [0.25, 0.3) is 0 Å². The van der Waals surface area contributed by atoms with Crippen molar-refractivity contribution in [2.24, 2.45) is 0 Å². The van der Waals surface area contributed by atoms with E-state index in [4.69, 9.17) is 16.7 Å². The first-order valence-electron chi connectivity index (χ1n) is 3.22. The van der Waals surface area contributed by atoms with Crippen LogP contribution >= 0.6 is 34.7 Å². The summed E-state index contributed by atoms with van der Waals surface area (Å²) in [6.45, 7) is 0. The van der Waals surface area contributed by atoms with Crippen molar-refractivity contribution in [1.29, 1.82) is 0 Å². The Hall–Kier alpha value is -0.190. The van der Waals surface area contributed by atoms with Crippen LogP contribution in [-0.2, 0) is 10.5 Å². The van der Waals surface area contributed by atoms with E-state index >= 15 is 0 Å². The van der Waals surface area contributed by atoms with E-state index in [2.05, 4.69) is 0 Å². The molecule has 1 N–H and O–H groups in total. The third-order valence-corrected chi connectivity index (χ3v) is 3.48. The minimum absolute atomic E-state index is 0.148. The van der Waals surface area contributed by atoms with Gasteiger partial charge >= 0.3 is 5.97 Å². The molecule has 0 aliphatic heterocycles. The topological polar surface area (TPSA) is 37.3 Å². The van der Waals surface area contributed by atoms with E-state index in [-0.39, 0.29) is 5.75 Å². The largest absolute Gasteiger partial charge is 0.481 e. The fourth-order valence-electron chi connectivity index (χ4n) is 0.668. The van der Waals surface area contributed by atoms with Crippen LogP contribution in [0.25, 0.3) is 0 Å². The number of hydrogen-bond acceptors (Lipinski definition) is 3. The number of carboxylic acids is 1. The molecular formula is C7H7ClO2S2. The Balaban J connectivity index is 2.29. The normalized spacial score (nSPS) is 10.1. The number of carbonyl (C=O) groups is 1. The molecule has 0 radical (unpaired) electrons.